The minimum atomic E-state index is 0.248. The molecule has 0 aliphatic carbocycles. The Kier molecular flexibility index (Phi) is 4.95. The molecule has 0 saturated heterocycles. The summed E-state index contributed by atoms with van der Waals surface area (Å²) in [5.74, 6) is 0. The van der Waals surface area contributed by atoms with Crippen molar-refractivity contribution in [1.29, 1.82) is 10.5 Å². The molecule has 30 heavy (non-hydrogen) atoms. The minimum Gasteiger partial charge on any atom is -0.265 e. The second kappa shape index (κ2) is 8.02. The van der Waals surface area contributed by atoms with Crippen molar-refractivity contribution < 1.29 is 0 Å². The number of benzene rings is 1. The van der Waals surface area contributed by atoms with Crippen molar-refractivity contribution in [3.05, 3.63) is 96.1 Å². The first kappa shape index (κ1) is 18.5. The molecule has 0 spiro atoms. The predicted octanol–water partition coefficient (Wildman–Crippen LogP) is 5.17. The van der Waals surface area contributed by atoms with Gasteiger partial charge in [0.15, 0.2) is 0 Å². The summed E-state index contributed by atoms with van der Waals surface area (Å²) < 4.78 is 0. The van der Waals surface area contributed by atoms with Gasteiger partial charge >= 0.3 is 0 Å². The highest BCUT2D eigenvalue weighted by Crippen LogP contribution is 2.48. The van der Waals surface area contributed by atoms with E-state index in [2.05, 4.69) is 31.9 Å². The lowest BCUT2D eigenvalue weighted by molar-refractivity contribution is 1.31. The van der Waals surface area contributed by atoms with Gasteiger partial charge in [-0.3, -0.25) is 15.0 Å². The van der Waals surface area contributed by atoms with Crippen LogP contribution in [0.25, 0.3) is 38.2 Å². The van der Waals surface area contributed by atoms with Crippen molar-refractivity contribution in [3.8, 4) is 45.5 Å². The van der Waals surface area contributed by atoms with Gasteiger partial charge in [0.1, 0.15) is 0 Å². The zero-order valence-corrected chi connectivity index (χ0v) is 15.6. The highest BCUT2D eigenvalue weighted by atomic mass is 14.7. The van der Waals surface area contributed by atoms with E-state index in [9.17, 15) is 10.5 Å². The number of hydrogen-bond acceptors (Lipinski definition) is 5. The van der Waals surface area contributed by atoms with Crippen LogP contribution in [-0.4, -0.2) is 15.0 Å². The maximum Gasteiger partial charge on any atom is 0.205 e. The zero-order valence-electron chi connectivity index (χ0n) is 15.6. The highest BCUT2D eigenvalue weighted by Gasteiger charge is 2.26. The number of nitriles is 2. The predicted molar refractivity (Wildman–Crippen MR) is 112 cm³/mol. The number of pyridine rings is 3. The Hall–Kier alpha value is -4.86. The Morgan fingerprint density at radius 3 is 1.23 bits per heavy atom. The first-order valence-corrected chi connectivity index (χ1v) is 8.93. The van der Waals surface area contributed by atoms with Gasteiger partial charge in [0.25, 0.3) is 0 Å². The van der Waals surface area contributed by atoms with Crippen LogP contribution < -0.4 is 0 Å². The van der Waals surface area contributed by atoms with Crippen LogP contribution in [0.1, 0.15) is 11.1 Å². The standard InChI is InChI=1S/C24H12N6/c1-27-24-22(17-4-10-29-11-5-17)19(14-25)21(16-2-8-28-9-3-16)20(15-26)23(24)18-6-12-30-13-7-18/h2-13H. The van der Waals surface area contributed by atoms with Gasteiger partial charge in [-0.05, 0) is 53.1 Å². The number of hydrogen-bond donors (Lipinski definition) is 0. The Balaban J connectivity index is 2.27. The molecule has 0 aliphatic heterocycles. The molecular formula is C24H12N6. The van der Waals surface area contributed by atoms with E-state index in [1.165, 1.54) is 0 Å². The van der Waals surface area contributed by atoms with Crippen molar-refractivity contribution in [1.82, 2.24) is 15.0 Å². The van der Waals surface area contributed by atoms with Crippen molar-refractivity contribution >= 4 is 5.69 Å². The summed E-state index contributed by atoms with van der Waals surface area (Å²) in [6.07, 6.45) is 9.67. The summed E-state index contributed by atoms with van der Waals surface area (Å²) in [7, 11) is 0. The third-order valence-corrected chi connectivity index (χ3v) is 4.72. The number of nitrogens with zero attached hydrogens (tertiary/aromatic N) is 6. The normalized spacial score (nSPS) is 9.90. The average molecular weight is 384 g/mol. The van der Waals surface area contributed by atoms with Gasteiger partial charge < -0.3 is 0 Å². The van der Waals surface area contributed by atoms with E-state index in [1.54, 1.807) is 73.6 Å². The van der Waals surface area contributed by atoms with Gasteiger partial charge in [0.05, 0.1) is 29.8 Å². The van der Waals surface area contributed by atoms with E-state index < -0.39 is 0 Å². The fourth-order valence-corrected chi connectivity index (χ4v) is 3.48. The lowest BCUT2D eigenvalue weighted by atomic mass is 9.83. The summed E-state index contributed by atoms with van der Waals surface area (Å²) in [6.45, 7) is 7.91. The summed E-state index contributed by atoms with van der Waals surface area (Å²) >= 11 is 0. The van der Waals surface area contributed by atoms with Gasteiger partial charge in [-0.15, -0.1) is 0 Å². The van der Waals surface area contributed by atoms with Crippen LogP contribution >= 0.6 is 0 Å². The topological polar surface area (TPSA) is 90.6 Å². The van der Waals surface area contributed by atoms with Crippen LogP contribution in [0.4, 0.5) is 5.69 Å². The third kappa shape index (κ3) is 3.03. The van der Waals surface area contributed by atoms with E-state index in [4.69, 9.17) is 6.57 Å². The largest absolute Gasteiger partial charge is 0.265 e. The molecule has 0 aliphatic rings. The quantitative estimate of drug-likeness (QED) is 0.455. The first-order valence-electron chi connectivity index (χ1n) is 8.93. The minimum absolute atomic E-state index is 0.248. The Morgan fingerprint density at radius 1 is 0.600 bits per heavy atom. The summed E-state index contributed by atoms with van der Waals surface area (Å²) in [4.78, 5) is 15.9. The second-order valence-corrected chi connectivity index (χ2v) is 6.27. The van der Waals surface area contributed by atoms with Gasteiger partial charge in [-0.2, -0.15) is 10.5 Å². The van der Waals surface area contributed by atoms with E-state index >= 15 is 0 Å². The molecule has 0 radical (unpaired) electrons. The van der Waals surface area contributed by atoms with Crippen molar-refractivity contribution in [3.63, 3.8) is 0 Å². The number of aromatic nitrogens is 3. The zero-order chi connectivity index (χ0) is 20.9. The van der Waals surface area contributed by atoms with Crippen LogP contribution in [0.15, 0.2) is 73.6 Å². The van der Waals surface area contributed by atoms with Crippen LogP contribution in [0, 0.1) is 29.2 Å². The maximum atomic E-state index is 10.1. The van der Waals surface area contributed by atoms with E-state index in [0.29, 0.717) is 33.4 Å². The Morgan fingerprint density at radius 2 is 0.933 bits per heavy atom. The molecule has 138 valence electrons. The highest BCUT2D eigenvalue weighted by molar-refractivity contribution is 6.03. The van der Waals surface area contributed by atoms with Crippen LogP contribution in [-0.2, 0) is 0 Å². The SMILES string of the molecule is [C-]#[N+]c1c(-c2ccncc2)c(C#N)c(-c2ccncc2)c(C#N)c1-c1ccncc1. The van der Waals surface area contributed by atoms with Gasteiger partial charge in [0, 0.05) is 53.9 Å². The smallest absolute Gasteiger partial charge is 0.205 e. The molecule has 1 aromatic carbocycles. The third-order valence-electron chi connectivity index (χ3n) is 4.72. The molecule has 0 bridgehead atoms. The lowest BCUT2D eigenvalue weighted by Crippen LogP contribution is -1.99. The molecule has 0 unspecified atom stereocenters. The molecule has 3 heterocycles. The van der Waals surface area contributed by atoms with E-state index in [0.717, 1.165) is 0 Å². The molecule has 0 N–H and O–H groups in total. The molecule has 6 nitrogen and oxygen atoms in total. The second-order valence-electron chi connectivity index (χ2n) is 6.27. The summed E-state index contributed by atoms with van der Waals surface area (Å²) in [5.41, 5.74) is 4.28. The van der Waals surface area contributed by atoms with Crippen molar-refractivity contribution in [2.24, 2.45) is 0 Å². The Bertz CT molecular complexity index is 1150. The van der Waals surface area contributed by atoms with E-state index in [-0.39, 0.29) is 16.8 Å². The van der Waals surface area contributed by atoms with Crippen LogP contribution in [0.2, 0.25) is 0 Å². The Labute approximate surface area is 173 Å². The molecule has 0 fully saturated rings. The van der Waals surface area contributed by atoms with Crippen molar-refractivity contribution in [2.75, 3.05) is 0 Å². The van der Waals surface area contributed by atoms with Crippen LogP contribution in [0.5, 0.6) is 0 Å². The molecule has 3 aromatic heterocycles. The first-order chi connectivity index (χ1) is 14.8. The van der Waals surface area contributed by atoms with Crippen molar-refractivity contribution in [2.45, 2.75) is 0 Å². The molecule has 4 aromatic rings. The van der Waals surface area contributed by atoms with Gasteiger partial charge in [0.2, 0.25) is 5.69 Å². The summed E-state index contributed by atoms with van der Waals surface area (Å²) in [5, 5.41) is 20.2. The maximum absolute atomic E-state index is 10.1. The molecule has 4 rings (SSSR count). The monoisotopic (exact) mass is 384 g/mol. The fourth-order valence-electron chi connectivity index (χ4n) is 3.48. The van der Waals surface area contributed by atoms with Gasteiger partial charge in [-0.1, -0.05) is 0 Å². The average Bonchev–Trinajstić information content (AvgIpc) is 2.83. The molecule has 0 saturated carbocycles. The number of rotatable bonds is 3. The van der Waals surface area contributed by atoms with E-state index in [1.807, 2.05) is 0 Å². The fraction of sp³-hybridized carbons (Fsp3) is 0. The molecule has 6 heteroatoms. The van der Waals surface area contributed by atoms with Crippen LogP contribution in [0.3, 0.4) is 0 Å². The molecule has 0 amide bonds. The molecular weight excluding hydrogens is 372 g/mol. The molecule has 0 atom stereocenters. The lowest BCUT2D eigenvalue weighted by Gasteiger charge is -2.19. The summed E-state index contributed by atoms with van der Waals surface area (Å²) in [6, 6.07) is 15.0. The van der Waals surface area contributed by atoms with Gasteiger partial charge in [-0.25, -0.2) is 4.85 Å².